The van der Waals surface area contributed by atoms with Crippen LogP contribution in [0, 0.1) is 19.8 Å². The number of aryl methyl sites for hydroxylation is 2. The van der Waals surface area contributed by atoms with Gasteiger partial charge in [0.2, 0.25) is 0 Å². The normalized spacial score (nSPS) is 18.9. The summed E-state index contributed by atoms with van der Waals surface area (Å²) in [5.74, 6) is 0.149. The number of rotatable bonds is 4. The van der Waals surface area contributed by atoms with Gasteiger partial charge in [-0.3, -0.25) is 9.59 Å². The van der Waals surface area contributed by atoms with E-state index in [2.05, 4.69) is 0 Å². The molecular weight excluding hydrogens is 360 g/mol. The number of nitrogens with zero attached hydrogens (tertiary/aromatic N) is 1. The SMILES string of the molecule is Cc1ccc(C)c(C(=O)c2ccccc2C(=O)N2CC(CN)CC2C)c1.Cl. The zero-order valence-electron chi connectivity index (χ0n) is 16.1. The Bertz CT molecular complexity index is 850. The van der Waals surface area contributed by atoms with Crippen molar-refractivity contribution in [1.82, 2.24) is 4.90 Å². The number of halogens is 1. The number of benzene rings is 2. The van der Waals surface area contributed by atoms with Crippen molar-refractivity contribution in [3.63, 3.8) is 0 Å². The van der Waals surface area contributed by atoms with Gasteiger partial charge in [0.05, 0.1) is 5.56 Å². The molecule has 2 aromatic rings. The Morgan fingerprint density at radius 1 is 1.07 bits per heavy atom. The Morgan fingerprint density at radius 3 is 2.37 bits per heavy atom. The fraction of sp³-hybridized carbons (Fsp3) is 0.364. The predicted octanol–water partition coefficient (Wildman–Crippen LogP) is 3.77. The van der Waals surface area contributed by atoms with E-state index in [4.69, 9.17) is 5.73 Å². The van der Waals surface area contributed by atoms with Gasteiger partial charge in [0, 0.05) is 23.7 Å². The molecule has 0 aromatic heterocycles. The van der Waals surface area contributed by atoms with Crippen LogP contribution in [-0.2, 0) is 0 Å². The average molecular weight is 387 g/mol. The van der Waals surface area contributed by atoms with E-state index < -0.39 is 0 Å². The van der Waals surface area contributed by atoms with E-state index in [1.54, 1.807) is 12.1 Å². The maximum absolute atomic E-state index is 13.2. The molecule has 1 aliphatic heterocycles. The lowest BCUT2D eigenvalue weighted by Gasteiger charge is -2.23. The van der Waals surface area contributed by atoms with Crippen LogP contribution >= 0.6 is 12.4 Å². The van der Waals surface area contributed by atoms with E-state index in [0.717, 1.165) is 17.5 Å². The van der Waals surface area contributed by atoms with E-state index in [-0.39, 0.29) is 30.1 Å². The highest BCUT2D eigenvalue weighted by atomic mass is 35.5. The summed E-state index contributed by atoms with van der Waals surface area (Å²) in [5.41, 5.74) is 9.33. The highest BCUT2D eigenvalue weighted by Gasteiger charge is 2.33. The second kappa shape index (κ2) is 8.68. The molecule has 0 bridgehead atoms. The Hall–Kier alpha value is -2.17. The van der Waals surface area contributed by atoms with Crippen molar-refractivity contribution in [2.24, 2.45) is 11.7 Å². The average Bonchev–Trinajstić information content (AvgIpc) is 3.03. The molecule has 2 atom stereocenters. The quantitative estimate of drug-likeness (QED) is 0.813. The van der Waals surface area contributed by atoms with Crippen LogP contribution in [0.25, 0.3) is 0 Å². The second-order valence-electron chi connectivity index (χ2n) is 7.34. The van der Waals surface area contributed by atoms with Crippen molar-refractivity contribution in [2.45, 2.75) is 33.2 Å². The predicted molar refractivity (Wildman–Crippen MR) is 111 cm³/mol. The molecule has 0 spiro atoms. The molecule has 1 fully saturated rings. The molecule has 4 nitrogen and oxygen atoms in total. The van der Waals surface area contributed by atoms with Gasteiger partial charge in [0.1, 0.15) is 0 Å². The zero-order valence-corrected chi connectivity index (χ0v) is 16.9. The molecule has 1 saturated heterocycles. The van der Waals surface area contributed by atoms with Crippen LogP contribution in [0.5, 0.6) is 0 Å². The Kier molecular flexibility index (Phi) is 6.79. The molecule has 0 saturated carbocycles. The van der Waals surface area contributed by atoms with Gasteiger partial charge in [0.15, 0.2) is 5.78 Å². The van der Waals surface area contributed by atoms with Crippen LogP contribution in [0.4, 0.5) is 0 Å². The molecule has 0 aliphatic carbocycles. The van der Waals surface area contributed by atoms with Crippen molar-refractivity contribution in [2.75, 3.05) is 13.1 Å². The molecule has 2 unspecified atom stereocenters. The first kappa shape index (κ1) is 21.1. The summed E-state index contributed by atoms with van der Waals surface area (Å²) in [7, 11) is 0. The minimum absolute atomic E-state index is 0. The number of hydrogen-bond donors (Lipinski definition) is 1. The minimum Gasteiger partial charge on any atom is -0.336 e. The summed E-state index contributed by atoms with van der Waals surface area (Å²) < 4.78 is 0. The summed E-state index contributed by atoms with van der Waals surface area (Å²) in [6, 6.07) is 13.1. The van der Waals surface area contributed by atoms with Crippen LogP contribution in [0.3, 0.4) is 0 Å². The van der Waals surface area contributed by atoms with Gasteiger partial charge >= 0.3 is 0 Å². The monoisotopic (exact) mass is 386 g/mol. The molecule has 1 heterocycles. The molecule has 1 aliphatic rings. The van der Waals surface area contributed by atoms with Gasteiger partial charge in [0.25, 0.3) is 5.91 Å². The van der Waals surface area contributed by atoms with Gasteiger partial charge in [-0.05, 0) is 57.4 Å². The molecule has 2 aromatic carbocycles. The Balaban J connectivity index is 0.00000261. The first-order valence-corrected chi connectivity index (χ1v) is 9.14. The van der Waals surface area contributed by atoms with E-state index in [9.17, 15) is 9.59 Å². The van der Waals surface area contributed by atoms with E-state index >= 15 is 0 Å². The molecule has 144 valence electrons. The van der Waals surface area contributed by atoms with E-state index in [1.165, 1.54) is 0 Å². The molecule has 27 heavy (non-hydrogen) atoms. The maximum Gasteiger partial charge on any atom is 0.254 e. The summed E-state index contributed by atoms with van der Waals surface area (Å²) in [4.78, 5) is 28.2. The van der Waals surface area contributed by atoms with E-state index in [0.29, 0.717) is 35.7 Å². The van der Waals surface area contributed by atoms with E-state index in [1.807, 2.05) is 56.0 Å². The summed E-state index contributed by atoms with van der Waals surface area (Å²) >= 11 is 0. The Morgan fingerprint density at radius 2 is 1.74 bits per heavy atom. The number of amides is 1. The third-order valence-electron chi connectivity index (χ3n) is 5.30. The van der Waals surface area contributed by atoms with Crippen molar-refractivity contribution in [1.29, 1.82) is 0 Å². The maximum atomic E-state index is 13.2. The van der Waals surface area contributed by atoms with Crippen LogP contribution in [0.2, 0.25) is 0 Å². The Labute approximate surface area is 167 Å². The van der Waals surface area contributed by atoms with Gasteiger partial charge in [-0.25, -0.2) is 0 Å². The highest BCUT2D eigenvalue weighted by Crippen LogP contribution is 2.26. The van der Waals surface area contributed by atoms with Crippen molar-refractivity contribution < 1.29 is 9.59 Å². The summed E-state index contributed by atoms with van der Waals surface area (Å²) in [5, 5.41) is 0. The minimum atomic E-state index is -0.0997. The van der Waals surface area contributed by atoms with Crippen molar-refractivity contribution in [3.05, 3.63) is 70.3 Å². The fourth-order valence-corrected chi connectivity index (χ4v) is 3.74. The molecule has 5 heteroatoms. The molecule has 2 N–H and O–H groups in total. The van der Waals surface area contributed by atoms with Crippen molar-refractivity contribution >= 4 is 24.1 Å². The topological polar surface area (TPSA) is 63.4 Å². The number of ketones is 1. The number of nitrogens with two attached hydrogens (primary N) is 1. The fourth-order valence-electron chi connectivity index (χ4n) is 3.74. The first-order valence-electron chi connectivity index (χ1n) is 9.14. The standard InChI is InChI=1S/C22H26N2O2.ClH/c1-14-8-9-15(2)20(10-14)21(25)18-6-4-5-7-19(18)22(26)24-13-17(12-23)11-16(24)3;/h4-10,16-17H,11-13,23H2,1-3H3;1H. The smallest absolute Gasteiger partial charge is 0.254 e. The van der Waals surface area contributed by atoms with Crippen LogP contribution < -0.4 is 5.73 Å². The van der Waals surface area contributed by atoms with Gasteiger partial charge in [-0.15, -0.1) is 12.4 Å². The van der Waals surface area contributed by atoms with Crippen molar-refractivity contribution in [3.8, 4) is 0 Å². The molecule has 0 radical (unpaired) electrons. The molecule has 3 rings (SSSR count). The second-order valence-corrected chi connectivity index (χ2v) is 7.34. The number of likely N-dealkylation sites (tertiary alicyclic amines) is 1. The number of hydrogen-bond acceptors (Lipinski definition) is 3. The number of carbonyl (C=O) groups excluding carboxylic acids is 2. The largest absolute Gasteiger partial charge is 0.336 e. The van der Waals surface area contributed by atoms with Gasteiger partial charge in [-0.1, -0.05) is 35.9 Å². The highest BCUT2D eigenvalue weighted by molar-refractivity contribution is 6.16. The number of carbonyl (C=O) groups is 2. The summed E-state index contributed by atoms with van der Waals surface area (Å²) in [6.07, 6.45) is 0.912. The zero-order chi connectivity index (χ0) is 18.8. The van der Waals surface area contributed by atoms with Gasteiger partial charge < -0.3 is 10.6 Å². The lowest BCUT2D eigenvalue weighted by molar-refractivity contribution is 0.0739. The third-order valence-corrected chi connectivity index (χ3v) is 5.30. The lowest BCUT2D eigenvalue weighted by Crippen LogP contribution is -2.35. The molecule has 1 amide bonds. The van der Waals surface area contributed by atoms with Crippen LogP contribution in [-0.4, -0.2) is 35.7 Å². The third kappa shape index (κ3) is 4.23. The first-order chi connectivity index (χ1) is 12.4. The summed E-state index contributed by atoms with van der Waals surface area (Å²) in [6.45, 7) is 7.17. The molecular formula is C22H27ClN2O2. The van der Waals surface area contributed by atoms with Crippen LogP contribution in [0.1, 0.15) is 50.8 Å². The lowest BCUT2D eigenvalue weighted by atomic mass is 9.94. The van der Waals surface area contributed by atoms with Crippen LogP contribution in [0.15, 0.2) is 42.5 Å². The van der Waals surface area contributed by atoms with Gasteiger partial charge in [-0.2, -0.15) is 0 Å².